The quantitative estimate of drug-likeness (QED) is 0.631. The first-order valence-electron chi connectivity index (χ1n) is 4.87. The summed E-state index contributed by atoms with van der Waals surface area (Å²) in [6.07, 6.45) is 0. The molecule has 0 saturated carbocycles. The zero-order valence-electron chi connectivity index (χ0n) is 9.06. The zero-order chi connectivity index (χ0) is 11.3. The number of rotatable bonds is 5. The van der Waals surface area contributed by atoms with Crippen molar-refractivity contribution in [3.8, 4) is 0 Å². The van der Waals surface area contributed by atoms with Crippen LogP contribution in [0.3, 0.4) is 0 Å². The van der Waals surface area contributed by atoms with Crippen molar-refractivity contribution in [3.63, 3.8) is 0 Å². The third-order valence-corrected chi connectivity index (χ3v) is 1.91. The molecule has 0 amide bonds. The van der Waals surface area contributed by atoms with Gasteiger partial charge in [0.25, 0.3) is 0 Å². The Morgan fingerprint density at radius 3 is 2.87 bits per heavy atom. The molecule has 15 heavy (non-hydrogen) atoms. The highest BCUT2D eigenvalue weighted by Gasteiger charge is 2.05. The van der Waals surface area contributed by atoms with Crippen molar-refractivity contribution in [2.75, 3.05) is 42.7 Å². The lowest BCUT2D eigenvalue weighted by Crippen LogP contribution is -2.23. The fourth-order valence-corrected chi connectivity index (χ4v) is 1.18. The minimum Gasteiger partial charge on any atom is -0.395 e. The number of hydrogen-bond donors (Lipinski definition) is 3. The molecule has 0 spiro atoms. The van der Waals surface area contributed by atoms with Crippen LogP contribution in [0.5, 0.6) is 0 Å². The van der Waals surface area contributed by atoms with E-state index < -0.39 is 0 Å². The van der Waals surface area contributed by atoms with E-state index in [0.717, 1.165) is 6.54 Å². The Morgan fingerprint density at radius 2 is 2.27 bits per heavy atom. The summed E-state index contributed by atoms with van der Waals surface area (Å²) >= 11 is 0. The molecule has 0 aromatic carbocycles. The predicted octanol–water partition coefficient (Wildman–Crippen LogP) is -0.0809. The van der Waals surface area contributed by atoms with Gasteiger partial charge in [-0.15, -0.1) is 0 Å². The molecular formula is C9H17N5O. The SMILES string of the molecule is CCNc1cc(N(C)CCO)nc(N)n1. The Balaban J connectivity index is 2.87. The number of aromatic nitrogens is 2. The summed E-state index contributed by atoms with van der Waals surface area (Å²) in [6, 6.07) is 1.80. The zero-order valence-corrected chi connectivity index (χ0v) is 9.06. The van der Waals surface area contributed by atoms with Crippen molar-refractivity contribution < 1.29 is 5.11 Å². The summed E-state index contributed by atoms with van der Waals surface area (Å²) in [7, 11) is 1.84. The van der Waals surface area contributed by atoms with Crippen LogP contribution in [0.4, 0.5) is 17.6 Å². The van der Waals surface area contributed by atoms with E-state index in [-0.39, 0.29) is 12.6 Å². The molecule has 0 radical (unpaired) electrons. The van der Waals surface area contributed by atoms with Crippen molar-refractivity contribution in [3.05, 3.63) is 6.07 Å². The number of nitrogens with one attached hydrogen (secondary N) is 1. The fourth-order valence-electron chi connectivity index (χ4n) is 1.18. The second-order valence-corrected chi connectivity index (χ2v) is 3.15. The molecule has 0 aliphatic carbocycles. The van der Waals surface area contributed by atoms with Crippen molar-refractivity contribution in [1.29, 1.82) is 0 Å². The molecule has 0 bridgehead atoms. The fraction of sp³-hybridized carbons (Fsp3) is 0.556. The van der Waals surface area contributed by atoms with Gasteiger partial charge in [-0.1, -0.05) is 0 Å². The van der Waals surface area contributed by atoms with Gasteiger partial charge in [0.05, 0.1) is 6.61 Å². The van der Waals surface area contributed by atoms with Crippen molar-refractivity contribution in [2.24, 2.45) is 0 Å². The van der Waals surface area contributed by atoms with Crippen molar-refractivity contribution in [1.82, 2.24) is 9.97 Å². The van der Waals surface area contributed by atoms with E-state index in [0.29, 0.717) is 18.2 Å². The Morgan fingerprint density at radius 1 is 1.53 bits per heavy atom. The van der Waals surface area contributed by atoms with E-state index in [2.05, 4.69) is 15.3 Å². The molecule has 84 valence electrons. The highest BCUT2D eigenvalue weighted by Crippen LogP contribution is 2.15. The molecule has 1 heterocycles. The number of nitrogens with two attached hydrogens (primary N) is 1. The van der Waals surface area contributed by atoms with Gasteiger partial charge in [0, 0.05) is 26.2 Å². The second-order valence-electron chi connectivity index (χ2n) is 3.15. The summed E-state index contributed by atoms with van der Waals surface area (Å²) in [5, 5.41) is 11.9. The van der Waals surface area contributed by atoms with Crippen LogP contribution in [0.15, 0.2) is 6.07 Å². The molecular weight excluding hydrogens is 194 g/mol. The number of nitrogen functional groups attached to an aromatic ring is 1. The Hall–Kier alpha value is -1.56. The van der Waals surface area contributed by atoms with Gasteiger partial charge in [0.2, 0.25) is 5.95 Å². The van der Waals surface area contributed by atoms with Gasteiger partial charge in [-0.05, 0) is 6.92 Å². The molecule has 1 aromatic rings. The third kappa shape index (κ3) is 3.25. The van der Waals surface area contributed by atoms with Gasteiger partial charge in [-0.25, -0.2) is 0 Å². The summed E-state index contributed by atoms with van der Waals surface area (Å²) in [5.41, 5.74) is 5.57. The van der Waals surface area contributed by atoms with Gasteiger partial charge in [-0.2, -0.15) is 9.97 Å². The number of aliphatic hydroxyl groups is 1. The first-order valence-corrected chi connectivity index (χ1v) is 4.87. The Kier molecular flexibility index (Phi) is 4.11. The van der Waals surface area contributed by atoms with Gasteiger partial charge >= 0.3 is 0 Å². The van der Waals surface area contributed by atoms with Gasteiger partial charge in [-0.3, -0.25) is 0 Å². The topological polar surface area (TPSA) is 87.3 Å². The molecule has 0 unspecified atom stereocenters. The lowest BCUT2D eigenvalue weighted by molar-refractivity contribution is 0.304. The van der Waals surface area contributed by atoms with Crippen LogP contribution in [-0.4, -0.2) is 41.8 Å². The van der Waals surface area contributed by atoms with Crippen LogP contribution in [0.2, 0.25) is 0 Å². The normalized spacial score (nSPS) is 10.1. The van der Waals surface area contributed by atoms with Crippen LogP contribution < -0.4 is 16.0 Å². The van der Waals surface area contributed by atoms with Crippen LogP contribution in [0, 0.1) is 0 Å². The summed E-state index contributed by atoms with van der Waals surface area (Å²) < 4.78 is 0. The maximum absolute atomic E-state index is 8.81. The van der Waals surface area contributed by atoms with Gasteiger partial charge < -0.3 is 21.1 Å². The van der Waals surface area contributed by atoms with E-state index in [1.165, 1.54) is 0 Å². The molecule has 0 aliphatic heterocycles. The molecule has 0 saturated heterocycles. The summed E-state index contributed by atoms with van der Waals surface area (Å²) in [6.45, 7) is 3.36. The maximum atomic E-state index is 8.81. The monoisotopic (exact) mass is 211 g/mol. The number of hydrogen-bond acceptors (Lipinski definition) is 6. The predicted molar refractivity (Wildman–Crippen MR) is 61.0 cm³/mol. The first-order chi connectivity index (χ1) is 7.17. The van der Waals surface area contributed by atoms with E-state index in [4.69, 9.17) is 10.8 Å². The summed E-state index contributed by atoms with van der Waals surface area (Å²) in [5.74, 6) is 1.63. The maximum Gasteiger partial charge on any atom is 0.223 e. The molecule has 4 N–H and O–H groups in total. The molecule has 1 aromatic heterocycles. The average Bonchev–Trinajstić information content (AvgIpc) is 2.17. The van der Waals surface area contributed by atoms with Crippen LogP contribution in [-0.2, 0) is 0 Å². The molecule has 0 fully saturated rings. The minimum atomic E-state index is 0.0803. The highest BCUT2D eigenvalue weighted by molar-refractivity contribution is 5.52. The number of nitrogens with zero attached hydrogens (tertiary/aromatic N) is 3. The molecule has 0 atom stereocenters. The molecule has 0 aliphatic rings. The van der Waals surface area contributed by atoms with Gasteiger partial charge in [0.1, 0.15) is 11.6 Å². The Bertz CT molecular complexity index is 317. The van der Waals surface area contributed by atoms with Crippen LogP contribution in [0.25, 0.3) is 0 Å². The summed E-state index contributed by atoms with van der Waals surface area (Å²) in [4.78, 5) is 9.93. The average molecular weight is 211 g/mol. The van der Waals surface area contributed by atoms with Crippen molar-refractivity contribution in [2.45, 2.75) is 6.92 Å². The highest BCUT2D eigenvalue weighted by atomic mass is 16.3. The standard InChI is InChI=1S/C9H17N5O/c1-3-11-7-6-8(13-9(10)12-7)14(2)4-5-15/h6,15H,3-5H2,1-2H3,(H3,10,11,12,13). The molecule has 6 nitrogen and oxygen atoms in total. The van der Waals surface area contributed by atoms with E-state index >= 15 is 0 Å². The first kappa shape index (κ1) is 11.5. The third-order valence-electron chi connectivity index (χ3n) is 1.91. The molecule has 1 rings (SSSR count). The lowest BCUT2D eigenvalue weighted by atomic mass is 10.4. The van der Waals surface area contributed by atoms with E-state index in [1.807, 2.05) is 18.9 Å². The van der Waals surface area contributed by atoms with E-state index in [9.17, 15) is 0 Å². The minimum absolute atomic E-state index is 0.0803. The number of likely N-dealkylation sites (N-methyl/N-ethyl adjacent to an activating group) is 1. The number of anilines is 3. The second kappa shape index (κ2) is 5.35. The van der Waals surface area contributed by atoms with Crippen LogP contribution >= 0.6 is 0 Å². The van der Waals surface area contributed by atoms with Crippen molar-refractivity contribution >= 4 is 17.6 Å². The smallest absolute Gasteiger partial charge is 0.223 e. The van der Waals surface area contributed by atoms with E-state index in [1.54, 1.807) is 6.07 Å². The van der Waals surface area contributed by atoms with Gasteiger partial charge in [0.15, 0.2) is 0 Å². The largest absolute Gasteiger partial charge is 0.395 e. The Labute approximate surface area is 89.1 Å². The lowest BCUT2D eigenvalue weighted by Gasteiger charge is -2.17. The van der Waals surface area contributed by atoms with Crippen LogP contribution in [0.1, 0.15) is 6.92 Å². The number of aliphatic hydroxyl groups excluding tert-OH is 1. The molecule has 6 heteroatoms.